The summed E-state index contributed by atoms with van der Waals surface area (Å²) < 4.78 is 19.5. The van der Waals surface area contributed by atoms with Crippen molar-refractivity contribution in [3.63, 3.8) is 0 Å². The number of benzene rings is 1. The van der Waals surface area contributed by atoms with Crippen LogP contribution in [0.3, 0.4) is 0 Å². The molecule has 5 nitrogen and oxygen atoms in total. The highest BCUT2D eigenvalue weighted by Crippen LogP contribution is 2.46. The molecule has 1 heterocycles. The molecule has 0 aromatic heterocycles. The predicted octanol–water partition coefficient (Wildman–Crippen LogP) is 9.33. The monoisotopic (exact) mass is 634 g/mol. The first-order valence-corrected chi connectivity index (χ1v) is 21.9. The molecule has 1 N–H and O–H groups in total. The molecule has 5 atom stereocenters. The lowest BCUT2D eigenvalue weighted by atomic mass is 9.87. The number of fused-ring (bicyclic) bond motifs is 1. The molecule has 1 saturated carbocycles. The number of esters is 1. The maximum absolute atomic E-state index is 12.7. The fourth-order valence-electron chi connectivity index (χ4n) is 5.57. The van der Waals surface area contributed by atoms with E-state index in [0.717, 1.165) is 37.9 Å². The number of rotatable bonds is 10. The van der Waals surface area contributed by atoms with Gasteiger partial charge < -0.3 is 18.7 Å². The predicted molar refractivity (Wildman–Crippen MR) is 179 cm³/mol. The average molecular weight is 635 g/mol. The first-order chi connectivity index (χ1) is 19.4. The van der Waals surface area contributed by atoms with Gasteiger partial charge in [-0.3, -0.25) is 4.79 Å². The molecule has 0 unspecified atom stereocenters. The largest absolute Gasteiger partial charge is 0.493 e. The molecule has 0 bridgehead atoms. The minimum absolute atomic E-state index is 0.0229. The summed E-state index contributed by atoms with van der Waals surface area (Å²) in [6, 6.07) is 7.50. The van der Waals surface area contributed by atoms with Crippen LogP contribution in [0.4, 0.5) is 0 Å². The van der Waals surface area contributed by atoms with Gasteiger partial charge in [-0.1, -0.05) is 76.6 Å². The maximum atomic E-state index is 12.7. The fourth-order valence-corrected chi connectivity index (χ4v) is 7.88. The van der Waals surface area contributed by atoms with E-state index in [9.17, 15) is 9.59 Å². The summed E-state index contributed by atoms with van der Waals surface area (Å²) in [7, 11) is -4.53. The van der Waals surface area contributed by atoms with Gasteiger partial charge in [0.05, 0.1) is 12.7 Å². The molecule has 0 radical (unpaired) electrons. The molecule has 8 heteroatoms. The van der Waals surface area contributed by atoms with Crippen LogP contribution < -0.4 is 4.74 Å². The van der Waals surface area contributed by atoms with E-state index in [4.69, 9.17) is 25.5 Å². The highest BCUT2D eigenvalue weighted by atomic mass is 35.5. The van der Waals surface area contributed by atoms with Crippen molar-refractivity contribution in [2.45, 2.75) is 122 Å². The number of allylic oxidation sites excluding steroid dienone is 2. The number of carbonyl (C=O) groups is 1. The molecule has 236 valence electrons. The Labute approximate surface area is 262 Å². The minimum atomic E-state index is -2.45. The van der Waals surface area contributed by atoms with E-state index in [0.29, 0.717) is 18.1 Å². The molecule has 1 aliphatic carbocycles. The van der Waals surface area contributed by atoms with Crippen molar-refractivity contribution in [1.29, 1.82) is 0 Å². The Morgan fingerprint density at radius 3 is 2.50 bits per heavy atom. The van der Waals surface area contributed by atoms with Crippen molar-refractivity contribution in [1.82, 2.24) is 0 Å². The van der Waals surface area contributed by atoms with Gasteiger partial charge in [0.25, 0.3) is 0 Å². The fraction of sp³-hybridized carbons (Fsp3) is 0.676. The van der Waals surface area contributed by atoms with Crippen LogP contribution in [0.25, 0.3) is 0 Å². The summed E-state index contributed by atoms with van der Waals surface area (Å²) in [6.07, 6.45) is 13.5. The van der Waals surface area contributed by atoms with E-state index >= 15 is 0 Å². The van der Waals surface area contributed by atoms with Crippen LogP contribution in [0.2, 0.25) is 41.3 Å². The Kier molecular flexibility index (Phi) is 11.8. The van der Waals surface area contributed by atoms with Crippen molar-refractivity contribution in [3.05, 3.63) is 53.6 Å². The van der Waals surface area contributed by atoms with E-state index in [1.807, 2.05) is 37.4 Å². The number of carbonyl (C=O) groups excluding carboxylic acids is 1. The average Bonchev–Trinajstić information content (AvgIpc) is 3.16. The van der Waals surface area contributed by atoms with Gasteiger partial charge in [0.15, 0.2) is 16.6 Å². The number of halogens is 1. The molecule has 0 amide bonds. The smallest absolute Gasteiger partial charge is 0.306 e. The normalized spacial score (nSPS) is 26.0. The Morgan fingerprint density at radius 1 is 1.14 bits per heavy atom. The van der Waals surface area contributed by atoms with Gasteiger partial charge in [0.2, 0.25) is 0 Å². The maximum Gasteiger partial charge on any atom is 0.306 e. The van der Waals surface area contributed by atoms with Gasteiger partial charge in [-0.05, 0) is 80.1 Å². The second-order valence-electron chi connectivity index (χ2n) is 15.1. The van der Waals surface area contributed by atoms with Crippen LogP contribution in [0.5, 0.6) is 5.75 Å². The molecule has 42 heavy (non-hydrogen) atoms. The number of ether oxygens (including phenoxy) is 2. The summed E-state index contributed by atoms with van der Waals surface area (Å²) in [4.78, 5) is 23.8. The lowest BCUT2D eigenvalue weighted by Gasteiger charge is -2.40. The zero-order valence-electron chi connectivity index (χ0n) is 27.4. The molecule has 1 aromatic carbocycles. The second-order valence-corrected chi connectivity index (χ2v) is 24.7. The molecule has 2 aliphatic rings. The molecule has 1 aliphatic heterocycles. The molecule has 3 rings (SSSR count). The van der Waals surface area contributed by atoms with Crippen molar-refractivity contribution >= 4 is 34.2 Å². The summed E-state index contributed by atoms with van der Waals surface area (Å²) in [5.41, 5.74) is 0. The van der Waals surface area contributed by atoms with Crippen molar-refractivity contribution < 1.29 is 23.5 Å². The third-order valence-electron chi connectivity index (χ3n) is 10.0. The van der Waals surface area contributed by atoms with Gasteiger partial charge in [-0.25, -0.2) is 0 Å². The highest BCUT2D eigenvalue weighted by molar-refractivity contribution is 6.74. The number of hydrogen-bond donors (Lipinski definition) is 1. The zero-order valence-corrected chi connectivity index (χ0v) is 30.2. The Morgan fingerprint density at radius 2 is 1.86 bits per heavy atom. The number of hydrogen-bond acceptors (Lipinski definition) is 5. The van der Waals surface area contributed by atoms with E-state index < -0.39 is 16.6 Å². The van der Waals surface area contributed by atoms with Crippen LogP contribution in [-0.4, -0.2) is 46.2 Å². The molecule has 1 aromatic rings. The van der Waals surface area contributed by atoms with E-state index in [-0.39, 0.29) is 46.0 Å². The third-order valence-corrected chi connectivity index (χ3v) is 18.3. The molecule has 0 saturated heterocycles. The van der Waals surface area contributed by atoms with Crippen LogP contribution in [0.15, 0.2) is 48.6 Å². The first kappa shape index (κ1) is 35.1. The topological polar surface area (TPSA) is 65.0 Å². The van der Waals surface area contributed by atoms with Crippen molar-refractivity contribution in [3.8, 4) is 5.75 Å². The van der Waals surface area contributed by atoms with Crippen molar-refractivity contribution in [2.75, 3.05) is 6.61 Å². The quantitative estimate of drug-likeness (QED) is 0.158. The van der Waals surface area contributed by atoms with Gasteiger partial charge in [-0.2, -0.15) is 0 Å². The highest BCUT2D eigenvalue weighted by Gasteiger charge is 2.49. The molecule has 1 fully saturated rings. The third kappa shape index (κ3) is 9.56. The SMILES string of the molecule is CC(C)(C[C@H](/C=C/[C@@H]1[C@H]2C/C=C\CCCC(=O)O[C@H]2C[C@H]1O[Si](C)(C)C(C)(C)C)COc1cccc(Cl)c1)[Si](C)(C)O. The van der Waals surface area contributed by atoms with Gasteiger partial charge >= 0.3 is 5.97 Å². The Hall–Kier alpha value is -1.39. The van der Waals surface area contributed by atoms with E-state index in [1.54, 1.807) is 0 Å². The van der Waals surface area contributed by atoms with Crippen LogP contribution in [-0.2, 0) is 14.0 Å². The van der Waals surface area contributed by atoms with E-state index in [1.165, 1.54) is 0 Å². The van der Waals surface area contributed by atoms with Gasteiger partial charge in [-0.15, -0.1) is 0 Å². The molecular formula is C34H55ClO5Si2. The van der Waals surface area contributed by atoms with E-state index in [2.05, 4.69) is 72.0 Å². The van der Waals surface area contributed by atoms with Gasteiger partial charge in [0, 0.05) is 35.6 Å². The van der Waals surface area contributed by atoms with Gasteiger partial charge in [0.1, 0.15) is 11.9 Å². The summed E-state index contributed by atoms with van der Waals surface area (Å²) in [5, 5.41) is 0.497. The molecule has 0 spiro atoms. The summed E-state index contributed by atoms with van der Waals surface area (Å²) in [5.74, 6) is 0.977. The minimum Gasteiger partial charge on any atom is -0.493 e. The Balaban J connectivity index is 1.95. The lowest BCUT2D eigenvalue weighted by molar-refractivity contribution is -0.151. The van der Waals surface area contributed by atoms with Crippen LogP contribution in [0, 0.1) is 17.8 Å². The summed E-state index contributed by atoms with van der Waals surface area (Å²) in [6.45, 7) is 20.2. The zero-order chi connectivity index (χ0) is 31.3. The second kappa shape index (κ2) is 14.1. The van der Waals surface area contributed by atoms with Crippen molar-refractivity contribution in [2.24, 2.45) is 17.8 Å². The lowest BCUT2D eigenvalue weighted by Crippen LogP contribution is -2.45. The first-order valence-electron chi connectivity index (χ1n) is 15.7. The van der Waals surface area contributed by atoms with Crippen LogP contribution in [0.1, 0.15) is 73.1 Å². The standard InChI is InChI=1S/C34H55ClO5Si2/c1-33(2,3)42(8,9)40-31-22-30-28(17-12-10-11-13-18-32(36)39-30)29(31)20-19-25(23-34(4,5)41(6,7)37)24-38-27-16-14-15-26(35)21-27/h10,12,14-16,19-21,25,28-31,37H,11,13,17-18,22-24H2,1-9H3/b12-10-,20-19+/t25-,28+,29+,30-,31+/m0/s1. The summed E-state index contributed by atoms with van der Waals surface area (Å²) >= 11 is 6.22. The van der Waals surface area contributed by atoms with Crippen LogP contribution >= 0.6 is 11.6 Å². The Bertz CT molecular complexity index is 1100. The molecular weight excluding hydrogens is 580 g/mol.